The van der Waals surface area contributed by atoms with E-state index < -0.39 is 23.3 Å². The van der Waals surface area contributed by atoms with Crippen LogP contribution in [-0.2, 0) is 12.7 Å². The van der Waals surface area contributed by atoms with Crippen LogP contribution in [-0.4, -0.2) is 22.0 Å². The van der Waals surface area contributed by atoms with E-state index in [9.17, 15) is 18.0 Å². The molecule has 2 heterocycles. The average molecular weight is 365 g/mol. The van der Waals surface area contributed by atoms with Crippen molar-refractivity contribution in [1.82, 2.24) is 15.3 Å². The van der Waals surface area contributed by atoms with Gasteiger partial charge in [0.25, 0.3) is 5.91 Å². The first kappa shape index (κ1) is 18.2. The zero-order valence-corrected chi connectivity index (χ0v) is 13.9. The van der Waals surface area contributed by atoms with Crippen LogP contribution in [0.3, 0.4) is 0 Å². The number of amides is 1. The highest BCUT2D eigenvalue weighted by atomic mass is 19.4. The van der Waals surface area contributed by atoms with E-state index in [1.165, 1.54) is 6.07 Å². The zero-order valence-electron chi connectivity index (χ0n) is 13.9. The number of alkyl halides is 3. The fourth-order valence-electron chi connectivity index (χ4n) is 2.89. The van der Waals surface area contributed by atoms with Gasteiger partial charge >= 0.3 is 6.18 Å². The lowest BCUT2D eigenvalue weighted by molar-refractivity contribution is -0.141. The molecule has 0 aliphatic heterocycles. The van der Waals surface area contributed by atoms with E-state index in [2.05, 4.69) is 15.3 Å². The summed E-state index contributed by atoms with van der Waals surface area (Å²) in [5.74, 6) is -0.374. The fourth-order valence-corrected chi connectivity index (χ4v) is 2.89. The minimum Gasteiger partial charge on any atom is -0.474 e. The fraction of sp³-hybridized carbons (Fsp3) is 0.389. The molecule has 1 saturated carbocycles. The largest absolute Gasteiger partial charge is 0.474 e. The van der Waals surface area contributed by atoms with Crippen LogP contribution in [0.4, 0.5) is 13.2 Å². The first-order chi connectivity index (χ1) is 12.4. The normalized spacial score (nSPS) is 15.0. The molecule has 2 aromatic rings. The van der Waals surface area contributed by atoms with E-state index in [0.717, 1.165) is 37.9 Å². The van der Waals surface area contributed by atoms with E-state index in [1.807, 2.05) is 0 Å². The maximum absolute atomic E-state index is 13.0. The highest BCUT2D eigenvalue weighted by Crippen LogP contribution is 2.30. The minimum atomic E-state index is -4.69. The summed E-state index contributed by atoms with van der Waals surface area (Å²) in [4.78, 5) is 19.6. The first-order valence-electron chi connectivity index (χ1n) is 8.35. The molecule has 0 atom stereocenters. The molecule has 0 radical (unpaired) electrons. The Morgan fingerprint density at radius 2 is 1.96 bits per heavy atom. The van der Waals surface area contributed by atoms with Crippen molar-refractivity contribution in [1.29, 1.82) is 0 Å². The number of ether oxygens (including phenoxy) is 1. The summed E-state index contributed by atoms with van der Waals surface area (Å²) < 4.78 is 44.6. The molecule has 2 aromatic heterocycles. The molecule has 0 bridgehead atoms. The van der Waals surface area contributed by atoms with Gasteiger partial charge < -0.3 is 10.1 Å². The van der Waals surface area contributed by atoms with Crippen LogP contribution in [0.1, 0.15) is 47.3 Å². The van der Waals surface area contributed by atoms with Gasteiger partial charge in [-0.1, -0.05) is 0 Å². The second kappa shape index (κ2) is 7.72. The molecule has 3 rings (SSSR count). The number of halogens is 3. The van der Waals surface area contributed by atoms with Gasteiger partial charge in [0.15, 0.2) is 5.69 Å². The zero-order chi connectivity index (χ0) is 18.6. The number of hydrogen-bond donors (Lipinski definition) is 1. The molecule has 1 fully saturated rings. The molecule has 1 aliphatic carbocycles. The smallest absolute Gasteiger partial charge is 0.434 e. The quantitative estimate of drug-likeness (QED) is 0.877. The predicted molar refractivity (Wildman–Crippen MR) is 87.5 cm³/mol. The molecular formula is C18H18F3N3O2. The molecule has 5 nitrogen and oxygen atoms in total. The second-order valence-corrected chi connectivity index (χ2v) is 6.11. The summed E-state index contributed by atoms with van der Waals surface area (Å²) in [6.07, 6.45) is 2.27. The third-order valence-corrected chi connectivity index (χ3v) is 4.16. The van der Waals surface area contributed by atoms with Crippen molar-refractivity contribution in [3.8, 4) is 5.88 Å². The van der Waals surface area contributed by atoms with E-state index in [4.69, 9.17) is 4.74 Å². The Morgan fingerprint density at radius 3 is 2.69 bits per heavy atom. The van der Waals surface area contributed by atoms with Gasteiger partial charge in [0, 0.05) is 25.0 Å². The second-order valence-electron chi connectivity index (χ2n) is 6.11. The lowest BCUT2D eigenvalue weighted by atomic mass is 10.1. The molecule has 0 spiro atoms. The number of nitrogens with zero attached hydrogens (tertiary/aromatic N) is 2. The third-order valence-electron chi connectivity index (χ3n) is 4.16. The van der Waals surface area contributed by atoms with Gasteiger partial charge in [-0.15, -0.1) is 0 Å². The maximum Gasteiger partial charge on any atom is 0.434 e. The van der Waals surface area contributed by atoms with Gasteiger partial charge in [-0.3, -0.25) is 9.78 Å². The van der Waals surface area contributed by atoms with E-state index in [-0.39, 0.29) is 12.6 Å². The summed E-state index contributed by atoms with van der Waals surface area (Å²) in [5.41, 5.74) is -1.01. The van der Waals surface area contributed by atoms with Gasteiger partial charge in [0.05, 0.1) is 5.56 Å². The van der Waals surface area contributed by atoms with Crippen molar-refractivity contribution in [2.45, 2.75) is 44.5 Å². The molecule has 138 valence electrons. The molecule has 1 aliphatic rings. The van der Waals surface area contributed by atoms with E-state index in [1.54, 1.807) is 18.3 Å². The van der Waals surface area contributed by atoms with Crippen LogP contribution in [0.2, 0.25) is 0 Å². The maximum atomic E-state index is 13.0. The third kappa shape index (κ3) is 4.50. The molecular weight excluding hydrogens is 347 g/mol. The summed E-state index contributed by atoms with van der Waals surface area (Å²) in [6.45, 7) is 0.0641. The van der Waals surface area contributed by atoms with Crippen LogP contribution < -0.4 is 10.1 Å². The van der Waals surface area contributed by atoms with Crippen molar-refractivity contribution in [3.63, 3.8) is 0 Å². The Balaban J connectivity index is 1.65. The lowest BCUT2D eigenvalue weighted by Crippen LogP contribution is -2.26. The van der Waals surface area contributed by atoms with Gasteiger partial charge in [0.2, 0.25) is 5.88 Å². The summed E-state index contributed by atoms with van der Waals surface area (Å²) in [5, 5.41) is 2.49. The Morgan fingerprint density at radius 1 is 1.19 bits per heavy atom. The summed E-state index contributed by atoms with van der Waals surface area (Å²) >= 11 is 0. The highest BCUT2D eigenvalue weighted by Gasteiger charge is 2.36. The number of pyridine rings is 2. The van der Waals surface area contributed by atoms with Crippen LogP contribution >= 0.6 is 0 Å². The number of rotatable bonds is 5. The predicted octanol–water partition coefficient (Wildman–Crippen LogP) is 3.75. The van der Waals surface area contributed by atoms with Crippen LogP contribution in [0, 0.1) is 0 Å². The van der Waals surface area contributed by atoms with Crippen molar-refractivity contribution < 1.29 is 22.7 Å². The molecule has 1 N–H and O–H groups in total. The lowest BCUT2D eigenvalue weighted by Gasteiger charge is -2.13. The van der Waals surface area contributed by atoms with Crippen LogP contribution in [0.25, 0.3) is 0 Å². The highest BCUT2D eigenvalue weighted by molar-refractivity contribution is 5.95. The Bertz CT molecular complexity index is 774. The number of hydrogen-bond acceptors (Lipinski definition) is 4. The van der Waals surface area contributed by atoms with Crippen molar-refractivity contribution in [3.05, 3.63) is 53.5 Å². The van der Waals surface area contributed by atoms with Crippen molar-refractivity contribution in [2.24, 2.45) is 0 Å². The standard InChI is InChI=1S/C18H18F3N3O2/c19-18(20,21)16-14(6-3-8-23-16)17(25)24-11-12-7-9-22-15(10-12)26-13-4-1-2-5-13/h3,6-10,13H,1-2,4-5,11H2,(H,24,25). The molecule has 0 saturated heterocycles. The Labute approximate surface area is 148 Å². The molecule has 0 unspecified atom stereocenters. The molecule has 26 heavy (non-hydrogen) atoms. The Kier molecular flexibility index (Phi) is 5.39. The topological polar surface area (TPSA) is 64.1 Å². The van der Waals surface area contributed by atoms with Crippen molar-refractivity contribution >= 4 is 5.91 Å². The van der Waals surface area contributed by atoms with Gasteiger partial charge in [0.1, 0.15) is 6.10 Å². The van der Waals surface area contributed by atoms with Gasteiger partial charge in [-0.25, -0.2) is 4.98 Å². The number of carbonyl (C=O) groups excluding carboxylic acids is 1. The number of nitrogens with one attached hydrogen (secondary N) is 1. The minimum absolute atomic E-state index is 0.0641. The van der Waals surface area contributed by atoms with Crippen LogP contribution in [0.5, 0.6) is 5.88 Å². The molecule has 0 aromatic carbocycles. The number of carbonyl (C=O) groups is 1. The summed E-state index contributed by atoms with van der Waals surface area (Å²) in [6, 6.07) is 5.76. The van der Waals surface area contributed by atoms with Gasteiger partial charge in [-0.2, -0.15) is 13.2 Å². The first-order valence-corrected chi connectivity index (χ1v) is 8.35. The number of aromatic nitrogens is 2. The average Bonchev–Trinajstić information content (AvgIpc) is 3.12. The van der Waals surface area contributed by atoms with Gasteiger partial charge in [-0.05, 0) is 49.4 Å². The molecule has 8 heteroatoms. The van der Waals surface area contributed by atoms with E-state index >= 15 is 0 Å². The molecule has 1 amide bonds. The Hall–Kier alpha value is -2.64. The van der Waals surface area contributed by atoms with Crippen LogP contribution in [0.15, 0.2) is 36.7 Å². The van der Waals surface area contributed by atoms with Crippen molar-refractivity contribution in [2.75, 3.05) is 0 Å². The summed E-state index contributed by atoms with van der Waals surface area (Å²) in [7, 11) is 0. The monoisotopic (exact) mass is 365 g/mol. The van der Waals surface area contributed by atoms with E-state index in [0.29, 0.717) is 11.4 Å². The SMILES string of the molecule is O=C(NCc1ccnc(OC2CCCC2)c1)c1cccnc1C(F)(F)F.